The third-order valence-corrected chi connectivity index (χ3v) is 7.30. The zero-order valence-electron chi connectivity index (χ0n) is 21.4. The summed E-state index contributed by atoms with van der Waals surface area (Å²) in [6, 6.07) is 7.39. The van der Waals surface area contributed by atoms with Crippen LogP contribution in [0.2, 0.25) is 10.0 Å². The van der Waals surface area contributed by atoms with Gasteiger partial charge in [0.2, 0.25) is 11.9 Å². The molecule has 4 heterocycles. The van der Waals surface area contributed by atoms with Crippen molar-refractivity contribution >= 4 is 63.8 Å². The number of halogens is 2. The largest absolute Gasteiger partial charge is 0.494 e. The monoisotopic (exact) mass is 556 g/mol. The summed E-state index contributed by atoms with van der Waals surface area (Å²) in [5.41, 5.74) is 2.19. The number of nitrogens with zero attached hydrogens (tertiary/aromatic N) is 6. The molecule has 5 rings (SSSR count). The van der Waals surface area contributed by atoms with E-state index in [2.05, 4.69) is 42.4 Å². The Morgan fingerprint density at radius 1 is 0.974 bits per heavy atom. The van der Waals surface area contributed by atoms with Gasteiger partial charge in [-0.3, -0.25) is 9.69 Å². The Morgan fingerprint density at radius 2 is 1.79 bits per heavy atom. The Bertz CT molecular complexity index is 1320. The van der Waals surface area contributed by atoms with Gasteiger partial charge in [0.25, 0.3) is 0 Å². The molecule has 2 aliphatic heterocycles. The second-order valence-corrected chi connectivity index (χ2v) is 10.1. The van der Waals surface area contributed by atoms with Crippen molar-refractivity contribution in [3.8, 4) is 5.75 Å². The van der Waals surface area contributed by atoms with Crippen LogP contribution in [0.15, 0.2) is 36.7 Å². The predicted molar refractivity (Wildman–Crippen MR) is 152 cm³/mol. The first-order chi connectivity index (χ1) is 18.4. The van der Waals surface area contributed by atoms with E-state index in [1.807, 2.05) is 18.2 Å². The number of rotatable bonds is 7. The van der Waals surface area contributed by atoms with Crippen LogP contribution in [0.1, 0.15) is 19.3 Å². The molecule has 0 radical (unpaired) electrons. The van der Waals surface area contributed by atoms with Crippen LogP contribution in [0.4, 0.5) is 34.6 Å². The number of hydrogen-bond donors (Lipinski definition) is 2. The van der Waals surface area contributed by atoms with Gasteiger partial charge in [0, 0.05) is 51.4 Å². The van der Waals surface area contributed by atoms with Crippen molar-refractivity contribution in [2.75, 3.05) is 67.3 Å². The summed E-state index contributed by atoms with van der Waals surface area (Å²) >= 11 is 13.1. The summed E-state index contributed by atoms with van der Waals surface area (Å²) in [4.78, 5) is 32.1. The van der Waals surface area contributed by atoms with Crippen LogP contribution in [-0.4, -0.2) is 72.6 Å². The first-order valence-electron chi connectivity index (χ1n) is 12.6. The van der Waals surface area contributed by atoms with E-state index in [0.29, 0.717) is 57.7 Å². The smallest absolute Gasteiger partial charge is 0.229 e. The normalized spacial score (nSPS) is 16.5. The quantitative estimate of drug-likeness (QED) is 0.419. The highest BCUT2D eigenvalue weighted by Gasteiger charge is 2.24. The standard InChI is InChI=1S/C26H30Cl2N8O2/c1-34-10-12-35(13-11-34)21-15-22(38-2)20(14-17(21)27)32-26-30-16-18(28)24(33-26)31-19-6-5-8-29-25(19)36-9-4-3-7-23(36)37/h5-6,8,14-16H,3-4,7,9-13H2,1-2H3,(H2,30,31,32,33). The number of piperazine rings is 1. The Hall–Kier alpha value is -3.34. The maximum Gasteiger partial charge on any atom is 0.229 e. The fraction of sp³-hybridized carbons (Fsp3) is 0.385. The predicted octanol–water partition coefficient (Wildman–Crippen LogP) is 4.94. The van der Waals surface area contributed by atoms with Crippen molar-refractivity contribution in [3.05, 3.63) is 46.7 Å². The van der Waals surface area contributed by atoms with Crippen LogP contribution in [0.25, 0.3) is 0 Å². The van der Waals surface area contributed by atoms with E-state index >= 15 is 0 Å². The number of anilines is 6. The molecular weight excluding hydrogens is 527 g/mol. The lowest BCUT2D eigenvalue weighted by molar-refractivity contribution is -0.119. The Kier molecular flexibility index (Phi) is 8.01. The van der Waals surface area contributed by atoms with E-state index in [4.69, 9.17) is 27.9 Å². The van der Waals surface area contributed by atoms with Gasteiger partial charge in [0.05, 0.1) is 35.4 Å². The van der Waals surface area contributed by atoms with Gasteiger partial charge in [0.1, 0.15) is 10.8 Å². The van der Waals surface area contributed by atoms with Crippen molar-refractivity contribution < 1.29 is 9.53 Å². The van der Waals surface area contributed by atoms with E-state index in [0.717, 1.165) is 44.7 Å². The Morgan fingerprint density at radius 3 is 2.55 bits per heavy atom. The molecule has 200 valence electrons. The lowest BCUT2D eigenvalue weighted by Crippen LogP contribution is -2.44. The van der Waals surface area contributed by atoms with E-state index in [9.17, 15) is 4.79 Å². The molecule has 0 bridgehead atoms. The molecule has 3 aromatic rings. The summed E-state index contributed by atoms with van der Waals surface area (Å²) < 4.78 is 5.67. The van der Waals surface area contributed by atoms with Crippen LogP contribution in [-0.2, 0) is 4.79 Å². The molecule has 0 unspecified atom stereocenters. The van der Waals surface area contributed by atoms with Crippen molar-refractivity contribution in [3.63, 3.8) is 0 Å². The number of aromatic nitrogens is 3. The zero-order chi connectivity index (χ0) is 26.6. The summed E-state index contributed by atoms with van der Waals surface area (Å²) in [6.45, 7) is 4.34. The van der Waals surface area contributed by atoms with Crippen molar-refractivity contribution in [2.24, 2.45) is 0 Å². The molecular formula is C26H30Cl2N8O2. The lowest BCUT2D eigenvalue weighted by atomic mass is 10.1. The van der Waals surface area contributed by atoms with Crippen LogP contribution in [0, 0.1) is 0 Å². The number of methoxy groups -OCH3 is 1. The number of likely N-dealkylation sites (N-methyl/N-ethyl adjacent to an activating group) is 1. The highest BCUT2D eigenvalue weighted by atomic mass is 35.5. The number of nitrogens with one attached hydrogen (secondary N) is 2. The van der Waals surface area contributed by atoms with E-state index in [1.165, 1.54) is 6.20 Å². The Balaban J connectivity index is 1.39. The van der Waals surface area contributed by atoms with Crippen LogP contribution in [0.5, 0.6) is 5.75 Å². The summed E-state index contributed by atoms with van der Waals surface area (Å²) in [6.07, 6.45) is 5.51. The van der Waals surface area contributed by atoms with E-state index < -0.39 is 0 Å². The number of pyridine rings is 1. The minimum absolute atomic E-state index is 0.0538. The number of hydrogen-bond acceptors (Lipinski definition) is 9. The number of carbonyl (C=O) groups excluding carboxylic acids is 1. The minimum Gasteiger partial charge on any atom is -0.494 e. The van der Waals surface area contributed by atoms with Gasteiger partial charge in [-0.15, -0.1) is 0 Å². The first-order valence-corrected chi connectivity index (χ1v) is 13.3. The molecule has 38 heavy (non-hydrogen) atoms. The summed E-state index contributed by atoms with van der Waals surface area (Å²) in [7, 11) is 3.73. The van der Waals surface area contributed by atoms with Gasteiger partial charge < -0.3 is 25.2 Å². The van der Waals surface area contributed by atoms with Gasteiger partial charge in [0.15, 0.2) is 11.6 Å². The molecule has 0 saturated carbocycles. The molecule has 2 aliphatic rings. The highest BCUT2D eigenvalue weighted by molar-refractivity contribution is 6.34. The zero-order valence-corrected chi connectivity index (χ0v) is 22.9. The van der Waals surface area contributed by atoms with Gasteiger partial charge in [-0.1, -0.05) is 23.2 Å². The van der Waals surface area contributed by atoms with Crippen molar-refractivity contribution in [1.29, 1.82) is 0 Å². The molecule has 0 spiro atoms. The molecule has 10 nitrogen and oxygen atoms in total. The highest BCUT2D eigenvalue weighted by Crippen LogP contribution is 2.38. The number of amides is 1. The third-order valence-electron chi connectivity index (χ3n) is 6.72. The fourth-order valence-electron chi connectivity index (χ4n) is 4.60. The van der Waals surface area contributed by atoms with Crippen LogP contribution < -0.4 is 25.2 Å². The first kappa shape index (κ1) is 26.3. The summed E-state index contributed by atoms with van der Waals surface area (Å²) in [5, 5.41) is 7.37. The molecule has 0 atom stereocenters. The second kappa shape index (κ2) is 11.6. The second-order valence-electron chi connectivity index (χ2n) is 9.31. The molecule has 1 aromatic carbocycles. The maximum atomic E-state index is 12.5. The molecule has 2 N–H and O–H groups in total. The van der Waals surface area contributed by atoms with Crippen LogP contribution >= 0.6 is 23.2 Å². The molecule has 2 saturated heterocycles. The number of ether oxygens (including phenoxy) is 1. The molecule has 2 aromatic heterocycles. The molecule has 0 aliphatic carbocycles. The number of benzene rings is 1. The van der Waals surface area contributed by atoms with E-state index in [-0.39, 0.29) is 5.91 Å². The SMILES string of the molecule is COc1cc(N2CCN(C)CC2)c(Cl)cc1Nc1ncc(Cl)c(Nc2cccnc2N2CCCCC2=O)n1. The average molecular weight is 557 g/mol. The fourth-order valence-corrected chi connectivity index (χ4v) is 5.02. The minimum atomic E-state index is 0.0538. The van der Waals surface area contributed by atoms with E-state index in [1.54, 1.807) is 24.3 Å². The van der Waals surface area contributed by atoms with Gasteiger partial charge in [-0.2, -0.15) is 4.98 Å². The molecule has 12 heteroatoms. The third kappa shape index (κ3) is 5.72. The van der Waals surface area contributed by atoms with Gasteiger partial charge >= 0.3 is 0 Å². The van der Waals surface area contributed by atoms with Crippen LogP contribution in [0.3, 0.4) is 0 Å². The molecule has 2 fully saturated rings. The lowest BCUT2D eigenvalue weighted by Gasteiger charge is -2.34. The van der Waals surface area contributed by atoms with Gasteiger partial charge in [-0.05, 0) is 38.1 Å². The molecule has 1 amide bonds. The number of piperidine rings is 1. The van der Waals surface area contributed by atoms with Gasteiger partial charge in [-0.25, -0.2) is 9.97 Å². The topological polar surface area (TPSA) is 98.8 Å². The Labute approximate surface area is 231 Å². The summed E-state index contributed by atoms with van der Waals surface area (Å²) in [5.74, 6) is 1.90. The maximum absolute atomic E-state index is 12.5. The van der Waals surface area contributed by atoms with Crippen molar-refractivity contribution in [1.82, 2.24) is 19.9 Å². The average Bonchev–Trinajstić information content (AvgIpc) is 2.92. The number of carbonyl (C=O) groups is 1. The van der Waals surface area contributed by atoms with Crippen molar-refractivity contribution in [2.45, 2.75) is 19.3 Å².